The molecule has 0 radical (unpaired) electrons. The van der Waals surface area contributed by atoms with Crippen molar-refractivity contribution in [1.82, 2.24) is 0 Å². The van der Waals surface area contributed by atoms with E-state index in [2.05, 4.69) is 0 Å². The van der Waals surface area contributed by atoms with E-state index in [1.165, 1.54) is 11.1 Å². The molecule has 0 bridgehead atoms. The Morgan fingerprint density at radius 2 is 2.00 bits per heavy atom. The van der Waals surface area contributed by atoms with E-state index in [0.717, 1.165) is 5.75 Å². The Kier molecular flexibility index (Phi) is 1.95. The van der Waals surface area contributed by atoms with Gasteiger partial charge in [0, 0.05) is 0 Å². The molecule has 1 aliphatic heterocycles. The van der Waals surface area contributed by atoms with Gasteiger partial charge in [-0.1, -0.05) is 11.6 Å². The van der Waals surface area contributed by atoms with Crippen LogP contribution in [0, 0.1) is 0 Å². The molecule has 12 heavy (non-hydrogen) atoms. The first-order valence-electron chi connectivity index (χ1n) is 3.74. The molecular weight excluding hydrogens is 176 g/mol. The van der Waals surface area contributed by atoms with E-state index in [1.54, 1.807) is 7.11 Å². The highest BCUT2D eigenvalue weighted by molar-refractivity contribution is 6.32. The van der Waals surface area contributed by atoms with Crippen LogP contribution in [-0.2, 0) is 18.0 Å². The van der Waals surface area contributed by atoms with E-state index in [4.69, 9.17) is 21.1 Å². The fourth-order valence-electron chi connectivity index (χ4n) is 1.33. The zero-order chi connectivity index (χ0) is 8.55. The summed E-state index contributed by atoms with van der Waals surface area (Å²) < 4.78 is 10.3. The molecule has 2 rings (SSSR count). The fraction of sp³-hybridized carbons (Fsp3) is 0.333. The third kappa shape index (κ3) is 1.17. The predicted octanol–water partition coefficient (Wildman–Crippen LogP) is 2.38. The van der Waals surface area contributed by atoms with Crippen LogP contribution in [-0.4, -0.2) is 7.11 Å². The average Bonchev–Trinajstić information content (AvgIpc) is 2.49. The summed E-state index contributed by atoms with van der Waals surface area (Å²) in [7, 11) is 1.61. The second-order valence-corrected chi connectivity index (χ2v) is 3.16. The van der Waals surface area contributed by atoms with E-state index < -0.39 is 0 Å². The number of hydrogen-bond acceptors (Lipinski definition) is 2. The highest BCUT2D eigenvalue weighted by Crippen LogP contribution is 2.31. The zero-order valence-corrected chi connectivity index (χ0v) is 7.52. The van der Waals surface area contributed by atoms with Crippen LogP contribution in [0.3, 0.4) is 0 Å². The molecule has 0 spiro atoms. The number of rotatable bonds is 1. The van der Waals surface area contributed by atoms with Crippen LogP contribution >= 0.6 is 11.6 Å². The molecule has 0 aromatic heterocycles. The lowest BCUT2D eigenvalue weighted by Crippen LogP contribution is -1.88. The maximum absolute atomic E-state index is 5.93. The van der Waals surface area contributed by atoms with Gasteiger partial charge in [0.1, 0.15) is 5.75 Å². The van der Waals surface area contributed by atoms with Crippen molar-refractivity contribution in [3.05, 3.63) is 28.3 Å². The van der Waals surface area contributed by atoms with E-state index in [-0.39, 0.29) is 0 Å². The van der Waals surface area contributed by atoms with Crippen LogP contribution in [0.1, 0.15) is 11.1 Å². The molecule has 0 atom stereocenters. The van der Waals surface area contributed by atoms with Crippen LogP contribution in [0.15, 0.2) is 12.1 Å². The van der Waals surface area contributed by atoms with Crippen LogP contribution in [0.5, 0.6) is 5.75 Å². The highest BCUT2D eigenvalue weighted by Gasteiger charge is 2.14. The predicted molar refractivity (Wildman–Crippen MR) is 46.5 cm³/mol. The van der Waals surface area contributed by atoms with Crippen molar-refractivity contribution < 1.29 is 9.47 Å². The minimum Gasteiger partial charge on any atom is -0.495 e. The standard InChI is InChI=1S/C9H9ClO2/c1-11-9-3-7-5-12-4-6(7)2-8(9)10/h2-3H,4-5H2,1H3. The van der Waals surface area contributed by atoms with Gasteiger partial charge in [-0.25, -0.2) is 0 Å². The van der Waals surface area contributed by atoms with Crippen molar-refractivity contribution in [2.45, 2.75) is 13.2 Å². The van der Waals surface area contributed by atoms with Gasteiger partial charge in [-0.2, -0.15) is 0 Å². The normalized spacial score (nSPS) is 14.5. The number of halogens is 1. The number of fused-ring (bicyclic) bond motifs is 1. The summed E-state index contributed by atoms with van der Waals surface area (Å²) >= 11 is 5.93. The van der Waals surface area contributed by atoms with Crippen molar-refractivity contribution in [3.8, 4) is 5.75 Å². The van der Waals surface area contributed by atoms with Gasteiger partial charge in [-0.05, 0) is 23.3 Å². The monoisotopic (exact) mass is 184 g/mol. The molecule has 0 unspecified atom stereocenters. The molecule has 0 saturated heterocycles. The van der Waals surface area contributed by atoms with Gasteiger partial charge in [0.15, 0.2) is 0 Å². The second-order valence-electron chi connectivity index (χ2n) is 2.75. The van der Waals surface area contributed by atoms with Gasteiger partial charge in [0.05, 0.1) is 25.3 Å². The third-order valence-corrected chi connectivity index (χ3v) is 2.28. The van der Waals surface area contributed by atoms with Crippen molar-refractivity contribution in [2.24, 2.45) is 0 Å². The molecule has 1 aromatic rings. The van der Waals surface area contributed by atoms with E-state index in [0.29, 0.717) is 18.2 Å². The number of methoxy groups -OCH3 is 1. The van der Waals surface area contributed by atoms with Crippen molar-refractivity contribution in [1.29, 1.82) is 0 Å². The Hall–Kier alpha value is -0.730. The lowest BCUT2D eigenvalue weighted by Gasteiger charge is -2.04. The lowest BCUT2D eigenvalue weighted by atomic mass is 10.1. The maximum Gasteiger partial charge on any atom is 0.137 e. The Morgan fingerprint density at radius 3 is 2.67 bits per heavy atom. The van der Waals surface area contributed by atoms with Gasteiger partial charge < -0.3 is 9.47 Å². The molecule has 0 N–H and O–H groups in total. The Bertz CT molecular complexity index is 309. The average molecular weight is 185 g/mol. The molecule has 0 amide bonds. The van der Waals surface area contributed by atoms with Crippen LogP contribution < -0.4 is 4.74 Å². The number of ether oxygens (including phenoxy) is 2. The fourth-order valence-corrected chi connectivity index (χ4v) is 1.60. The first-order chi connectivity index (χ1) is 5.81. The largest absolute Gasteiger partial charge is 0.495 e. The first kappa shape index (κ1) is 7.90. The van der Waals surface area contributed by atoms with Crippen molar-refractivity contribution in [3.63, 3.8) is 0 Å². The smallest absolute Gasteiger partial charge is 0.137 e. The van der Waals surface area contributed by atoms with E-state index in [9.17, 15) is 0 Å². The van der Waals surface area contributed by atoms with Gasteiger partial charge in [-0.15, -0.1) is 0 Å². The lowest BCUT2D eigenvalue weighted by molar-refractivity contribution is 0.134. The number of hydrogen-bond donors (Lipinski definition) is 0. The maximum atomic E-state index is 5.93. The van der Waals surface area contributed by atoms with Gasteiger partial charge >= 0.3 is 0 Å². The third-order valence-electron chi connectivity index (χ3n) is 1.99. The topological polar surface area (TPSA) is 18.5 Å². The van der Waals surface area contributed by atoms with Crippen LogP contribution in [0.2, 0.25) is 5.02 Å². The summed E-state index contributed by atoms with van der Waals surface area (Å²) in [5, 5.41) is 0.654. The molecule has 2 nitrogen and oxygen atoms in total. The molecule has 0 aliphatic carbocycles. The molecule has 3 heteroatoms. The second kappa shape index (κ2) is 2.96. The SMILES string of the molecule is COc1cc2c(cc1Cl)COC2. The van der Waals surface area contributed by atoms with Crippen molar-refractivity contribution >= 4 is 11.6 Å². The van der Waals surface area contributed by atoms with Crippen molar-refractivity contribution in [2.75, 3.05) is 7.11 Å². The van der Waals surface area contributed by atoms with Gasteiger partial charge in [-0.3, -0.25) is 0 Å². The minimum absolute atomic E-state index is 0.654. The Labute approximate surface area is 76.1 Å². The summed E-state index contributed by atoms with van der Waals surface area (Å²) in [6.45, 7) is 1.34. The molecule has 1 heterocycles. The first-order valence-corrected chi connectivity index (χ1v) is 4.12. The van der Waals surface area contributed by atoms with E-state index in [1.807, 2.05) is 12.1 Å². The molecule has 1 aliphatic rings. The molecule has 1 aromatic carbocycles. The Balaban J connectivity index is 2.49. The van der Waals surface area contributed by atoms with E-state index >= 15 is 0 Å². The quantitative estimate of drug-likeness (QED) is 0.667. The summed E-state index contributed by atoms with van der Waals surface area (Å²) in [5.74, 6) is 0.723. The molecular formula is C9H9ClO2. The van der Waals surface area contributed by atoms with Crippen LogP contribution in [0.25, 0.3) is 0 Å². The van der Waals surface area contributed by atoms with Crippen LogP contribution in [0.4, 0.5) is 0 Å². The van der Waals surface area contributed by atoms with Gasteiger partial charge in [0.2, 0.25) is 0 Å². The summed E-state index contributed by atoms with van der Waals surface area (Å²) in [5.41, 5.74) is 2.34. The molecule has 0 fully saturated rings. The highest BCUT2D eigenvalue weighted by atomic mass is 35.5. The van der Waals surface area contributed by atoms with Gasteiger partial charge in [0.25, 0.3) is 0 Å². The minimum atomic E-state index is 0.654. The summed E-state index contributed by atoms with van der Waals surface area (Å²) in [6.07, 6.45) is 0. The molecule has 64 valence electrons. The summed E-state index contributed by atoms with van der Waals surface area (Å²) in [4.78, 5) is 0. The number of benzene rings is 1. The zero-order valence-electron chi connectivity index (χ0n) is 6.76. The Morgan fingerprint density at radius 1 is 1.33 bits per heavy atom. The summed E-state index contributed by atoms with van der Waals surface area (Å²) in [6, 6.07) is 3.84. The molecule has 0 saturated carbocycles.